The van der Waals surface area contributed by atoms with Crippen LogP contribution in [0.5, 0.6) is 0 Å². The number of carboxylic acids is 1. The first-order chi connectivity index (χ1) is 10.6. The van der Waals surface area contributed by atoms with Gasteiger partial charge in [0.2, 0.25) is 0 Å². The Kier molecular flexibility index (Phi) is 5.55. The summed E-state index contributed by atoms with van der Waals surface area (Å²) in [6.07, 6.45) is 1.29. The van der Waals surface area contributed by atoms with Crippen LogP contribution in [0.1, 0.15) is 42.6 Å². The number of nitrogens with zero attached hydrogens (tertiary/aromatic N) is 2. The fraction of sp³-hybridized carbons (Fsp3) is 0.529. The molecule has 0 aliphatic carbocycles. The predicted molar refractivity (Wildman–Crippen MR) is 84.8 cm³/mol. The molecule has 0 aromatic heterocycles. The summed E-state index contributed by atoms with van der Waals surface area (Å²) in [4.78, 5) is 27.6. The highest BCUT2D eigenvalue weighted by Crippen LogP contribution is 2.21. The second-order valence-electron chi connectivity index (χ2n) is 5.66. The van der Waals surface area contributed by atoms with Gasteiger partial charge in [-0.25, -0.2) is 4.79 Å². The average Bonchev–Trinajstić information content (AvgIpc) is 3.02. The molecule has 5 heteroatoms. The zero-order valence-electron chi connectivity index (χ0n) is 13.3. The number of carboxylic acid groups (broad SMARTS) is 1. The normalized spacial score (nSPS) is 18.0. The van der Waals surface area contributed by atoms with Gasteiger partial charge in [-0.05, 0) is 43.6 Å². The van der Waals surface area contributed by atoms with Gasteiger partial charge in [-0.1, -0.05) is 26.0 Å². The second-order valence-corrected chi connectivity index (χ2v) is 5.66. The van der Waals surface area contributed by atoms with E-state index in [9.17, 15) is 14.7 Å². The quantitative estimate of drug-likeness (QED) is 0.875. The summed E-state index contributed by atoms with van der Waals surface area (Å²) in [5, 5.41) is 9.22. The van der Waals surface area contributed by atoms with Crippen LogP contribution in [-0.4, -0.2) is 52.5 Å². The lowest BCUT2D eigenvalue weighted by Crippen LogP contribution is -2.40. The first kappa shape index (κ1) is 16.5. The maximum atomic E-state index is 12.6. The third-order valence-corrected chi connectivity index (χ3v) is 4.27. The molecule has 0 radical (unpaired) electrons. The molecule has 1 aromatic rings. The van der Waals surface area contributed by atoms with E-state index in [0.717, 1.165) is 31.6 Å². The lowest BCUT2D eigenvalue weighted by atomic mass is 10.1. The van der Waals surface area contributed by atoms with Crippen molar-refractivity contribution in [3.63, 3.8) is 0 Å². The molecule has 1 atom stereocenters. The molecule has 2 rings (SSSR count). The number of rotatable bonds is 6. The van der Waals surface area contributed by atoms with Crippen molar-refractivity contribution in [1.82, 2.24) is 9.80 Å². The van der Waals surface area contributed by atoms with E-state index in [1.807, 2.05) is 18.2 Å². The van der Waals surface area contributed by atoms with Crippen LogP contribution in [0, 0.1) is 0 Å². The molecule has 1 amide bonds. The molecule has 1 aliphatic rings. The Hall–Kier alpha value is -1.88. The van der Waals surface area contributed by atoms with E-state index in [2.05, 4.69) is 18.7 Å². The molecular formula is C17H24N2O3. The van der Waals surface area contributed by atoms with Gasteiger partial charge in [-0.3, -0.25) is 9.69 Å². The van der Waals surface area contributed by atoms with Crippen LogP contribution in [0.3, 0.4) is 0 Å². The fourth-order valence-electron chi connectivity index (χ4n) is 2.94. The summed E-state index contributed by atoms with van der Waals surface area (Å²) in [7, 11) is 0. The van der Waals surface area contributed by atoms with Gasteiger partial charge in [0, 0.05) is 18.7 Å². The van der Waals surface area contributed by atoms with Crippen LogP contribution < -0.4 is 0 Å². The Morgan fingerprint density at radius 3 is 2.68 bits per heavy atom. The summed E-state index contributed by atoms with van der Waals surface area (Å²) in [5.74, 6) is -1.09. The van der Waals surface area contributed by atoms with E-state index >= 15 is 0 Å². The third-order valence-electron chi connectivity index (χ3n) is 4.27. The second kappa shape index (κ2) is 7.40. The van der Waals surface area contributed by atoms with Gasteiger partial charge in [-0.15, -0.1) is 0 Å². The van der Waals surface area contributed by atoms with Crippen LogP contribution in [-0.2, 0) is 11.3 Å². The van der Waals surface area contributed by atoms with Crippen molar-refractivity contribution in [2.75, 3.05) is 19.6 Å². The van der Waals surface area contributed by atoms with E-state index in [-0.39, 0.29) is 5.91 Å². The SMILES string of the molecule is CCN(CC)Cc1cccc(C(=O)N2CCCC2C(=O)O)c1. The molecule has 1 aliphatic heterocycles. The Labute approximate surface area is 131 Å². The van der Waals surface area contributed by atoms with Gasteiger partial charge >= 0.3 is 5.97 Å². The van der Waals surface area contributed by atoms with E-state index in [0.29, 0.717) is 18.5 Å². The van der Waals surface area contributed by atoms with Crippen molar-refractivity contribution in [2.45, 2.75) is 39.3 Å². The molecule has 0 spiro atoms. The molecule has 120 valence electrons. The Bertz CT molecular complexity index is 540. The molecule has 1 fully saturated rings. The van der Waals surface area contributed by atoms with Gasteiger partial charge < -0.3 is 10.0 Å². The maximum absolute atomic E-state index is 12.6. The first-order valence-corrected chi connectivity index (χ1v) is 7.91. The van der Waals surface area contributed by atoms with Crippen LogP contribution in [0.2, 0.25) is 0 Å². The number of hydrogen-bond acceptors (Lipinski definition) is 3. The van der Waals surface area contributed by atoms with E-state index in [4.69, 9.17) is 0 Å². The number of benzene rings is 1. The zero-order chi connectivity index (χ0) is 16.1. The van der Waals surface area contributed by atoms with E-state index < -0.39 is 12.0 Å². The van der Waals surface area contributed by atoms with Crippen molar-refractivity contribution in [3.8, 4) is 0 Å². The van der Waals surface area contributed by atoms with Crippen LogP contribution in [0.25, 0.3) is 0 Å². The maximum Gasteiger partial charge on any atom is 0.326 e. The van der Waals surface area contributed by atoms with Crippen molar-refractivity contribution in [3.05, 3.63) is 35.4 Å². The molecule has 1 aromatic carbocycles. The highest BCUT2D eigenvalue weighted by molar-refractivity contribution is 5.97. The van der Waals surface area contributed by atoms with E-state index in [1.54, 1.807) is 6.07 Å². The van der Waals surface area contributed by atoms with Gasteiger partial charge in [0.25, 0.3) is 5.91 Å². The lowest BCUT2D eigenvalue weighted by Gasteiger charge is -2.22. The molecule has 1 heterocycles. The highest BCUT2D eigenvalue weighted by Gasteiger charge is 2.34. The number of aliphatic carboxylic acids is 1. The van der Waals surface area contributed by atoms with Crippen LogP contribution >= 0.6 is 0 Å². The molecule has 0 saturated carbocycles. The smallest absolute Gasteiger partial charge is 0.326 e. The largest absolute Gasteiger partial charge is 0.480 e. The summed E-state index contributed by atoms with van der Waals surface area (Å²) >= 11 is 0. The van der Waals surface area contributed by atoms with Gasteiger partial charge in [0.1, 0.15) is 6.04 Å². The van der Waals surface area contributed by atoms with Crippen molar-refractivity contribution < 1.29 is 14.7 Å². The predicted octanol–water partition coefficient (Wildman–Crippen LogP) is 2.22. The minimum atomic E-state index is -0.912. The van der Waals surface area contributed by atoms with Crippen molar-refractivity contribution in [1.29, 1.82) is 0 Å². The molecule has 1 unspecified atom stereocenters. The molecule has 22 heavy (non-hydrogen) atoms. The summed E-state index contributed by atoms with van der Waals surface area (Å²) in [6.45, 7) is 7.47. The minimum absolute atomic E-state index is 0.175. The number of carbonyl (C=O) groups excluding carboxylic acids is 1. The standard InChI is InChI=1S/C17H24N2O3/c1-3-18(4-2)12-13-7-5-8-14(11-13)16(20)19-10-6-9-15(19)17(21)22/h5,7-8,11,15H,3-4,6,9-10,12H2,1-2H3,(H,21,22). The average molecular weight is 304 g/mol. The molecular weight excluding hydrogens is 280 g/mol. The number of carbonyl (C=O) groups is 2. The number of amides is 1. The fourth-order valence-corrected chi connectivity index (χ4v) is 2.94. The van der Waals surface area contributed by atoms with Crippen LogP contribution in [0.15, 0.2) is 24.3 Å². The van der Waals surface area contributed by atoms with Gasteiger partial charge in [0.05, 0.1) is 0 Å². The Morgan fingerprint density at radius 1 is 1.32 bits per heavy atom. The Morgan fingerprint density at radius 2 is 2.05 bits per heavy atom. The van der Waals surface area contributed by atoms with Crippen molar-refractivity contribution in [2.24, 2.45) is 0 Å². The van der Waals surface area contributed by atoms with Gasteiger partial charge in [-0.2, -0.15) is 0 Å². The molecule has 5 nitrogen and oxygen atoms in total. The monoisotopic (exact) mass is 304 g/mol. The third kappa shape index (κ3) is 3.65. The number of likely N-dealkylation sites (tertiary alicyclic amines) is 1. The first-order valence-electron chi connectivity index (χ1n) is 7.91. The summed E-state index contributed by atoms with van der Waals surface area (Å²) in [6, 6.07) is 6.86. The molecule has 0 bridgehead atoms. The van der Waals surface area contributed by atoms with Gasteiger partial charge in [0.15, 0.2) is 0 Å². The van der Waals surface area contributed by atoms with Crippen LogP contribution in [0.4, 0.5) is 0 Å². The summed E-state index contributed by atoms with van der Waals surface area (Å²) in [5.41, 5.74) is 1.67. The minimum Gasteiger partial charge on any atom is -0.480 e. The topological polar surface area (TPSA) is 60.9 Å². The molecule has 1 saturated heterocycles. The lowest BCUT2D eigenvalue weighted by molar-refractivity contribution is -0.141. The summed E-state index contributed by atoms with van der Waals surface area (Å²) < 4.78 is 0. The number of hydrogen-bond donors (Lipinski definition) is 1. The molecule has 1 N–H and O–H groups in total. The zero-order valence-corrected chi connectivity index (χ0v) is 13.3. The van der Waals surface area contributed by atoms with E-state index in [1.165, 1.54) is 4.90 Å². The van der Waals surface area contributed by atoms with Crippen molar-refractivity contribution >= 4 is 11.9 Å². The highest BCUT2D eigenvalue weighted by atomic mass is 16.4. The Balaban J connectivity index is 2.15.